The van der Waals surface area contributed by atoms with Crippen molar-refractivity contribution in [3.8, 4) is 5.88 Å². The van der Waals surface area contributed by atoms with Gasteiger partial charge in [0, 0.05) is 18.3 Å². The number of carbonyl (C=O) groups is 1. The fourth-order valence-corrected chi connectivity index (χ4v) is 2.58. The van der Waals surface area contributed by atoms with Crippen molar-refractivity contribution in [3.63, 3.8) is 0 Å². The molecule has 0 bridgehead atoms. The summed E-state index contributed by atoms with van der Waals surface area (Å²) in [4.78, 5) is 16.6. The number of carbonyl (C=O) groups excluding carboxylic acids is 1. The Morgan fingerprint density at radius 1 is 1.33 bits per heavy atom. The lowest BCUT2D eigenvalue weighted by Crippen LogP contribution is -2.26. The van der Waals surface area contributed by atoms with E-state index >= 15 is 0 Å². The molecule has 5 nitrogen and oxygen atoms in total. The van der Waals surface area contributed by atoms with Gasteiger partial charge in [0.2, 0.25) is 5.88 Å². The first-order valence-electron chi connectivity index (χ1n) is 6.91. The lowest BCUT2D eigenvalue weighted by Gasteiger charge is -2.20. The van der Waals surface area contributed by atoms with Crippen LogP contribution in [-0.2, 0) is 13.0 Å². The topological polar surface area (TPSA) is 63.2 Å². The summed E-state index contributed by atoms with van der Waals surface area (Å²) in [6, 6.07) is 9.38. The predicted molar refractivity (Wildman–Crippen MR) is 80.6 cm³/mol. The predicted octanol–water partition coefficient (Wildman–Crippen LogP) is 1.99. The van der Waals surface area contributed by atoms with Crippen LogP contribution < -0.4 is 15.4 Å². The molecule has 0 aliphatic carbocycles. The molecule has 1 aromatic carbocycles. The first-order valence-corrected chi connectivity index (χ1v) is 6.91. The van der Waals surface area contributed by atoms with Gasteiger partial charge >= 0.3 is 0 Å². The van der Waals surface area contributed by atoms with Gasteiger partial charge in [0.1, 0.15) is 5.69 Å². The molecule has 0 radical (unpaired) electrons. The van der Waals surface area contributed by atoms with Gasteiger partial charge in [-0.1, -0.05) is 12.1 Å². The minimum absolute atomic E-state index is 0.125. The number of fused-ring (bicyclic) bond motifs is 1. The van der Waals surface area contributed by atoms with E-state index in [9.17, 15) is 4.79 Å². The zero-order valence-electron chi connectivity index (χ0n) is 11.8. The highest BCUT2D eigenvalue weighted by atomic mass is 16.5. The van der Waals surface area contributed by atoms with Crippen molar-refractivity contribution in [1.29, 1.82) is 0 Å². The molecule has 108 valence electrons. The van der Waals surface area contributed by atoms with Gasteiger partial charge in [0.05, 0.1) is 7.11 Å². The number of anilines is 1. The summed E-state index contributed by atoms with van der Waals surface area (Å²) < 4.78 is 5.16. The maximum atomic E-state index is 12.5. The van der Waals surface area contributed by atoms with E-state index in [1.54, 1.807) is 18.3 Å². The number of nitrogens with zero attached hydrogens (tertiary/aromatic N) is 1. The summed E-state index contributed by atoms with van der Waals surface area (Å²) in [5.41, 5.74) is 3.61. The van der Waals surface area contributed by atoms with Gasteiger partial charge in [0.15, 0.2) is 0 Å². The molecule has 2 N–H and O–H groups in total. The molecule has 1 aliphatic rings. The zero-order chi connectivity index (χ0) is 14.7. The van der Waals surface area contributed by atoms with E-state index < -0.39 is 0 Å². The van der Waals surface area contributed by atoms with Crippen molar-refractivity contribution in [2.24, 2.45) is 0 Å². The monoisotopic (exact) mass is 283 g/mol. The molecule has 1 aliphatic heterocycles. The summed E-state index contributed by atoms with van der Waals surface area (Å²) in [5.74, 6) is 0.289. The van der Waals surface area contributed by atoms with Gasteiger partial charge in [-0.25, -0.2) is 4.98 Å². The highest BCUT2D eigenvalue weighted by molar-refractivity contribution is 6.06. The van der Waals surface area contributed by atoms with Crippen LogP contribution in [0.5, 0.6) is 5.88 Å². The highest BCUT2D eigenvalue weighted by Gasteiger charge is 2.18. The highest BCUT2D eigenvalue weighted by Crippen LogP contribution is 2.23. The number of rotatable bonds is 3. The third-order valence-corrected chi connectivity index (χ3v) is 3.60. The van der Waals surface area contributed by atoms with E-state index in [4.69, 9.17) is 4.74 Å². The lowest BCUT2D eigenvalue weighted by atomic mass is 9.95. The van der Waals surface area contributed by atoms with Gasteiger partial charge < -0.3 is 15.4 Å². The third kappa shape index (κ3) is 2.73. The van der Waals surface area contributed by atoms with E-state index in [0.717, 1.165) is 30.6 Å². The molecule has 0 atom stereocenters. The van der Waals surface area contributed by atoms with Crippen LogP contribution in [0, 0.1) is 0 Å². The number of aromatic nitrogens is 1. The Morgan fingerprint density at radius 3 is 3.10 bits per heavy atom. The molecule has 0 saturated heterocycles. The number of ether oxygens (including phenoxy) is 1. The molecule has 21 heavy (non-hydrogen) atoms. The second-order valence-corrected chi connectivity index (χ2v) is 4.88. The van der Waals surface area contributed by atoms with Crippen molar-refractivity contribution in [2.75, 3.05) is 19.0 Å². The lowest BCUT2D eigenvalue weighted by molar-refractivity contribution is 0.102. The number of hydrogen-bond donors (Lipinski definition) is 2. The van der Waals surface area contributed by atoms with E-state index in [2.05, 4.69) is 21.7 Å². The summed E-state index contributed by atoms with van der Waals surface area (Å²) in [6.45, 7) is 1.71. The molecule has 1 aromatic heterocycles. The molecule has 2 heterocycles. The van der Waals surface area contributed by atoms with Crippen molar-refractivity contribution in [3.05, 3.63) is 53.2 Å². The number of amides is 1. The summed E-state index contributed by atoms with van der Waals surface area (Å²) in [5, 5.41) is 6.19. The smallest absolute Gasteiger partial charge is 0.256 e. The number of hydrogen-bond acceptors (Lipinski definition) is 4. The molecule has 3 rings (SSSR count). The van der Waals surface area contributed by atoms with Crippen LogP contribution in [0.15, 0.2) is 36.5 Å². The van der Waals surface area contributed by atoms with Gasteiger partial charge in [0.25, 0.3) is 5.91 Å². The Balaban J connectivity index is 1.89. The number of benzene rings is 1. The van der Waals surface area contributed by atoms with Gasteiger partial charge in [-0.15, -0.1) is 0 Å². The van der Waals surface area contributed by atoms with Crippen LogP contribution in [0.1, 0.15) is 21.5 Å². The maximum Gasteiger partial charge on any atom is 0.256 e. The molecule has 0 fully saturated rings. The van der Waals surface area contributed by atoms with E-state index in [-0.39, 0.29) is 5.91 Å². The second-order valence-electron chi connectivity index (χ2n) is 4.88. The van der Waals surface area contributed by atoms with E-state index in [0.29, 0.717) is 11.6 Å². The standard InChI is InChI=1S/C16H17N3O2/c1-21-16-14(6-3-8-18-16)19-15(20)13-5-2-4-11-10-17-9-7-12(11)13/h2-6,8,17H,7,9-10H2,1H3,(H,19,20). The zero-order valence-corrected chi connectivity index (χ0v) is 11.8. The Labute approximate surface area is 123 Å². The first-order chi connectivity index (χ1) is 10.3. The third-order valence-electron chi connectivity index (χ3n) is 3.60. The fourth-order valence-electron chi connectivity index (χ4n) is 2.58. The van der Waals surface area contributed by atoms with Gasteiger partial charge in [-0.3, -0.25) is 4.79 Å². The Hall–Kier alpha value is -2.40. The second kappa shape index (κ2) is 5.93. The van der Waals surface area contributed by atoms with Gasteiger partial charge in [-0.2, -0.15) is 0 Å². The molecule has 0 unspecified atom stereocenters. The molecule has 0 saturated carbocycles. The molecule has 1 amide bonds. The molecule has 2 aromatic rings. The van der Waals surface area contributed by atoms with Crippen molar-refractivity contribution < 1.29 is 9.53 Å². The summed E-state index contributed by atoms with van der Waals surface area (Å²) in [7, 11) is 1.54. The largest absolute Gasteiger partial charge is 0.480 e. The number of methoxy groups -OCH3 is 1. The number of pyridine rings is 1. The minimum atomic E-state index is -0.125. The van der Waals surface area contributed by atoms with Crippen molar-refractivity contribution >= 4 is 11.6 Å². The van der Waals surface area contributed by atoms with Gasteiger partial charge in [-0.05, 0) is 42.3 Å². The molecule has 5 heteroatoms. The summed E-state index contributed by atoms with van der Waals surface area (Å²) in [6.07, 6.45) is 2.49. The Kier molecular flexibility index (Phi) is 3.83. The van der Waals surface area contributed by atoms with Crippen molar-refractivity contribution in [1.82, 2.24) is 10.3 Å². The summed E-state index contributed by atoms with van der Waals surface area (Å²) >= 11 is 0. The van der Waals surface area contributed by atoms with Crippen LogP contribution >= 0.6 is 0 Å². The minimum Gasteiger partial charge on any atom is -0.480 e. The molecular weight excluding hydrogens is 266 g/mol. The van der Waals surface area contributed by atoms with Crippen LogP contribution in [0.4, 0.5) is 5.69 Å². The van der Waals surface area contributed by atoms with E-state index in [1.807, 2.05) is 12.1 Å². The van der Waals surface area contributed by atoms with Crippen LogP contribution in [-0.4, -0.2) is 24.5 Å². The SMILES string of the molecule is COc1ncccc1NC(=O)c1cccc2c1CCNC2. The first kappa shape index (κ1) is 13.6. The Morgan fingerprint density at radius 2 is 2.24 bits per heavy atom. The average molecular weight is 283 g/mol. The Bertz CT molecular complexity index is 670. The fraction of sp³-hybridized carbons (Fsp3) is 0.250. The van der Waals surface area contributed by atoms with Crippen LogP contribution in [0.25, 0.3) is 0 Å². The van der Waals surface area contributed by atoms with Crippen molar-refractivity contribution in [2.45, 2.75) is 13.0 Å². The van der Waals surface area contributed by atoms with Crippen LogP contribution in [0.2, 0.25) is 0 Å². The quantitative estimate of drug-likeness (QED) is 0.904. The number of nitrogens with one attached hydrogen (secondary N) is 2. The maximum absolute atomic E-state index is 12.5. The average Bonchev–Trinajstić information content (AvgIpc) is 2.54. The van der Waals surface area contributed by atoms with E-state index in [1.165, 1.54) is 12.7 Å². The molecule has 0 spiro atoms. The molecular formula is C16H17N3O2. The normalized spacial score (nSPS) is 13.4. The van der Waals surface area contributed by atoms with Crippen LogP contribution in [0.3, 0.4) is 0 Å².